The third-order valence-electron chi connectivity index (χ3n) is 1.14. The van der Waals surface area contributed by atoms with Crippen molar-refractivity contribution in [2.75, 3.05) is 26.3 Å². The molecule has 80 valence electrons. The SMILES string of the molecule is C=CC(=O)OCCOC(=O)NCCN. The Labute approximate surface area is 82.0 Å². The molecule has 0 bridgehead atoms. The van der Waals surface area contributed by atoms with Gasteiger partial charge in [-0.25, -0.2) is 9.59 Å². The van der Waals surface area contributed by atoms with Gasteiger partial charge >= 0.3 is 12.1 Å². The number of ether oxygens (including phenoxy) is 2. The van der Waals surface area contributed by atoms with Crippen LogP contribution < -0.4 is 11.1 Å². The summed E-state index contributed by atoms with van der Waals surface area (Å²) in [5.74, 6) is -0.545. The fourth-order valence-electron chi connectivity index (χ4n) is 0.561. The van der Waals surface area contributed by atoms with Crippen LogP contribution in [-0.4, -0.2) is 38.4 Å². The van der Waals surface area contributed by atoms with Crippen LogP contribution in [0.15, 0.2) is 12.7 Å². The number of nitrogens with two attached hydrogens (primary N) is 1. The zero-order valence-corrected chi connectivity index (χ0v) is 7.82. The standard InChI is InChI=1S/C8H14N2O4/c1-2-7(11)13-5-6-14-8(12)10-4-3-9/h2H,1,3-6,9H2,(H,10,12). The first-order valence-electron chi connectivity index (χ1n) is 4.10. The first-order chi connectivity index (χ1) is 6.70. The summed E-state index contributed by atoms with van der Waals surface area (Å²) in [7, 11) is 0. The van der Waals surface area contributed by atoms with Crippen molar-refractivity contribution >= 4 is 12.1 Å². The molecule has 0 unspecified atom stereocenters. The maximum Gasteiger partial charge on any atom is 0.407 e. The van der Waals surface area contributed by atoms with Crippen LogP contribution in [-0.2, 0) is 14.3 Å². The van der Waals surface area contributed by atoms with Crippen molar-refractivity contribution in [1.29, 1.82) is 0 Å². The van der Waals surface area contributed by atoms with E-state index < -0.39 is 12.1 Å². The number of esters is 1. The van der Waals surface area contributed by atoms with Gasteiger partial charge in [0.25, 0.3) is 0 Å². The molecule has 6 nitrogen and oxygen atoms in total. The number of alkyl carbamates (subject to hydrolysis) is 1. The lowest BCUT2D eigenvalue weighted by molar-refractivity contribution is -0.138. The second kappa shape index (κ2) is 8.06. The van der Waals surface area contributed by atoms with Crippen molar-refractivity contribution in [3.8, 4) is 0 Å². The van der Waals surface area contributed by atoms with E-state index in [0.717, 1.165) is 6.08 Å². The molecule has 0 rings (SSSR count). The first-order valence-corrected chi connectivity index (χ1v) is 4.10. The third kappa shape index (κ3) is 7.11. The molecule has 0 aliphatic carbocycles. The van der Waals surface area contributed by atoms with E-state index in [1.165, 1.54) is 0 Å². The number of rotatable bonds is 6. The second-order valence-electron chi connectivity index (χ2n) is 2.22. The molecule has 0 fully saturated rings. The van der Waals surface area contributed by atoms with Crippen molar-refractivity contribution in [3.05, 3.63) is 12.7 Å². The van der Waals surface area contributed by atoms with Crippen LogP contribution in [0.5, 0.6) is 0 Å². The number of carbonyl (C=O) groups is 2. The molecule has 0 aliphatic rings. The zero-order valence-electron chi connectivity index (χ0n) is 7.82. The summed E-state index contributed by atoms with van der Waals surface area (Å²) in [5, 5.41) is 2.39. The van der Waals surface area contributed by atoms with Gasteiger partial charge in [-0.2, -0.15) is 0 Å². The Kier molecular flexibility index (Phi) is 7.16. The largest absolute Gasteiger partial charge is 0.459 e. The molecule has 1 amide bonds. The Balaban J connectivity index is 3.31. The van der Waals surface area contributed by atoms with Crippen LogP contribution in [0, 0.1) is 0 Å². The molecule has 0 aromatic heterocycles. The molecule has 14 heavy (non-hydrogen) atoms. The predicted molar refractivity (Wildman–Crippen MR) is 49.6 cm³/mol. The van der Waals surface area contributed by atoms with Gasteiger partial charge in [0, 0.05) is 19.2 Å². The van der Waals surface area contributed by atoms with E-state index >= 15 is 0 Å². The second-order valence-corrected chi connectivity index (χ2v) is 2.22. The van der Waals surface area contributed by atoms with Gasteiger partial charge in [0.1, 0.15) is 13.2 Å². The minimum absolute atomic E-state index is 0.00991. The molecule has 0 aromatic carbocycles. The molecule has 0 saturated heterocycles. The number of nitrogens with one attached hydrogen (secondary N) is 1. The number of hydrogen-bond acceptors (Lipinski definition) is 5. The van der Waals surface area contributed by atoms with Gasteiger partial charge in [0.2, 0.25) is 0 Å². The molecule has 0 spiro atoms. The van der Waals surface area contributed by atoms with Crippen molar-refractivity contribution in [2.24, 2.45) is 5.73 Å². The van der Waals surface area contributed by atoms with Gasteiger partial charge in [-0.3, -0.25) is 0 Å². The van der Waals surface area contributed by atoms with E-state index in [1.54, 1.807) is 0 Å². The highest BCUT2D eigenvalue weighted by atomic mass is 16.6. The molecule has 0 radical (unpaired) electrons. The number of amides is 1. The highest BCUT2D eigenvalue weighted by Crippen LogP contribution is 1.82. The molecule has 0 heterocycles. The van der Waals surface area contributed by atoms with Gasteiger partial charge in [-0.1, -0.05) is 6.58 Å². The summed E-state index contributed by atoms with van der Waals surface area (Å²) in [5.41, 5.74) is 5.14. The summed E-state index contributed by atoms with van der Waals surface area (Å²) in [6.07, 6.45) is 0.458. The quantitative estimate of drug-likeness (QED) is 0.341. The highest BCUT2D eigenvalue weighted by Gasteiger charge is 2.00. The smallest absolute Gasteiger partial charge is 0.407 e. The van der Waals surface area contributed by atoms with Crippen LogP contribution in [0.4, 0.5) is 4.79 Å². The van der Waals surface area contributed by atoms with Crippen molar-refractivity contribution in [3.63, 3.8) is 0 Å². The van der Waals surface area contributed by atoms with Gasteiger partial charge in [-0.05, 0) is 0 Å². The van der Waals surface area contributed by atoms with Gasteiger partial charge in [-0.15, -0.1) is 0 Å². The Morgan fingerprint density at radius 1 is 1.36 bits per heavy atom. The van der Waals surface area contributed by atoms with Crippen LogP contribution in [0.2, 0.25) is 0 Å². The highest BCUT2D eigenvalue weighted by molar-refractivity contribution is 5.81. The zero-order chi connectivity index (χ0) is 10.8. The average Bonchev–Trinajstić information content (AvgIpc) is 2.21. The normalized spacial score (nSPS) is 8.93. The maximum atomic E-state index is 10.8. The minimum Gasteiger partial charge on any atom is -0.459 e. The molecule has 0 aromatic rings. The van der Waals surface area contributed by atoms with E-state index in [1.807, 2.05) is 0 Å². The summed E-state index contributed by atoms with van der Waals surface area (Å²) >= 11 is 0. The van der Waals surface area contributed by atoms with E-state index in [-0.39, 0.29) is 13.2 Å². The maximum absolute atomic E-state index is 10.8. The Hall–Kier alpha value is -1.56. The Morgan fingerprint density at radius 2 is 2.00 bits per heavy atom. The topological polar surface area (TPSA) is 90.6 Å². The van der Waals surface area contributed by atoms with E-state index in [0.29, 0.717) is 13.1 Å². The molecular formula is C8H14N2O4. The molecular weight excluding hydrogens is 188 g/mol. The monoisotopic (exact) mass is 202 g/mol. The molecule has 6 heteroatoms. The fourth-order valence-corrected chi connectivity index (χ4v) is 0.561. The van der Waals surface area contributed by atoms with Gasteiger partial charge in [0.15, 0.2) is 0 Å². The lowest BCUT2D eigenvalue weighted by Gasteiger charge is -2.05. The van der Waals surface area contributed by atoms with Crippen LogP contribution in [0.3, 0.4) is 0 Å². The lowest BCUT2D eigenvalue weighted by atomic mass is 10.6. The van der Waals surface area contributed by atoms with E-state index in [9.17, 15) is 9.59 Å². The van der Waals surface area contributed by atoms with Crippen LogP contribution >= 0.6 is 0 Å². The third-order valence-corrected chi connectivity index (χ3v) is 1.14. The van der Waals surface area contributed by atoms with Gasteiger partial charge < -0.3 is 20.5 Å². The van der Waals surface area contributed by atoms with Crippen molar-refractivity contribution in [1.82, 2.24) is 5.32 Å². The summed E-state index contributed by atoms with van der Waals surface area (Å²) in [6, 6.07) is 0. The minimum atomic E-state index is -0.579. The van der Waals surface area contributed by atoms with E-state index in [4.69, 9.17) is 5.73 Å². The molecule has 0 atom stereocenters. The predicted octanol–water partition coefficient (Wildman–Crippen LogP) is -0.599. The Morgan fingerprint density at radius 3 is 2.57 bits per heavy atom. The molecule has 0 aliphatic heterocycles. The van der Waals surface area contributed by atoms with Crippen LogP contribution in [0.25, 0.3) is 0 Å². The van der Waals surface area contributed by atoms with Crippen molar-refractivity contribution in [2.45, 2.75) is 0 Å². The first kappa shape index (κ1) is 12.4. The summed E-state index contributed by atoms with van der Waals surface area (Å²) < 4.78 is 9.18. The molecule has 0 saturated carbocycles. The molecule has 3 N–H and O–H groups in total. The number of hydrogen-bond donors (Lipinski definition) is 2. The van der Waals surface area contributed by atoms with Crippen molar-refractivity contribution < 1.29 is 19.1 Å². The lowest BCUT2D eigenvalue weighted by Crippen LogP contribution is -2.30. The number of carbonyl (C=O) groups excluding carboxylic acids is 2. The summed E-state index contributed by atoms with van der Waals surface area (Å²) in [6.45, 7) is 3.93. The van der Waals surface area contributed by atoms with E-state index in [2.05, 4.69) is 21.4 Å². The summed E-state index contributed by atoms with van der Waals surface area (Å²) in [4.78, 5) is 21.3. The van der Waals surface area contributed by atoms with Crippen LogP contribution in [0.1, 0.15) is 0 Å². The fraction of sp³-hybridized carbons (Fsp3) is 0.500. The van der Waals surface area contributed by atoms with Gasteiger partial charge in [0.05, 0.1) is 0 Å². The average molecular weight is 202 g/mol. The Bertz CT molecular complexity index is 206.